The number of phenolic OH excluding ortho intramolecular Hbond substituents is 1. The van der Waals surface area contributed by atoms with E-state index in [0.29, 0.717) is 21.8 Å². The molecule has 3 N–H and O–H groups in total. The van der Waals surface area contributed by atoms with Gasteiger partial charge in [0, 0.05) is 18.5 Å². The Labute approximate surface area is 177 Å². The van der Waals surface area contributed by atoms with Crippen molar-refractivity contribution in [3.05, 3.63) is 30.3 Å². The van der Waals surface area contributed by atoms with Gasteiger partial charge >= 0.3 is 0 Å². The number of nitrogens with one attached hydrogen (secondary N) is 2. The van der Waals surface area contributed by atoms with E-state index in [2.05, 4.69) is 29.0 Å². The molecule has 10 heteroatoms. The second-order valence-electron chi connectivity index (χ2n) is 7.82. The van der Waals surface area contributed by atoms with Crippen molar-refractivity contribution in [2.75, 3.05) is 63.1 Å². The van der Waals surface area contributed by atoms with Crippen LogP contribution in [0, 0.1) is 0 Å². The molecule has 29 heavy (non-hydrogen) atoms. The third kappa shape index (κ3) is 5.72. The normalized spacial score (nSPS) is 16.8. The summed E-state index contributed by atoms with van der Waals surface area (Å²) in [5.74, 6) is -0.339. The molecule has 160 valence electrons. The molecule has 1 aliphatic heterocycles. The molecule has 0 bridgehead atoms. The van der Waals surface area contributed by atoms with Crippen LogP contribution in [0.2, 0.25) is 0 Å². The lowest BCUT2D eigenvalue weighted by Gasteiger charge is -2.40. The lowest BCUT2D eigenvalue weighted by Crippen LogP contribution is -3.00. The van der Waals surface area contributed by atoms with Gasteiger partial charge in [0.2, 0.25) is 10.0 Å². The molecule has 2 aromatic carbocycles. The van der Waals surface area contributed by atoms with Crippen LogP contribution in [0.3, 0.4) is 0 Å². The molecule has 2 aromatic rings. The zero-order chi connectivity index (χ0) is 20.5. The van der Waals surface area contributed by atoms with Gasteiger partial charge in [-0.3, -0.25) is 14.4 Å². The van der Waals surface area contributed by atoms with E-state index in [4.69, 9.17) is 0 Å². The third-order valence-electron chi connectivity index (χ3n) is 5.16. The summed E-state index contributed by atoms with van der Waals surface area (Å²) in [5, 5.41) is 14.5. The largest absolute Gasteiger partial charge is 1.00 e. The Bertz CT molecular complexity index is 1000. The van der Waals surface area contributed by atoms with Gasteiger partial charge in [-0.25, -0.2) is 8.42 Å². The van der Waals surface area contributed by atoms with Gasteiger partial charge in [0.25, 0.3) is 5.91 Å². The predicted octanol–water partition coefficient (Wildman–Crippen LogP) is -1.75. The molecule has 1 fully saturated rings. The molecule has 8 nitrogen and oxygen atoms in total. The number of rotatable bonds is 5. The molecule has 0 atom stereocenters. The minimum Gasteiger partial charge on any atom is -1.00 e. The number of nitrogens with zero attached hydrogens (tertiary/aromatic N) is 2. The molecule has 1 aliphatic rings. The highest BCUT2D eigenvalue weighted by atomic mass is 35.5. The van der Waals surface area contributed by atoms with Crippen LogP contribution < -0.4 is 22.4 Å². The number of sulfonamides is 1. The van der Waals surface area contributed by atoms with Crippen molar-refractivity contribution in [2.45, 2.75) is 0 Å². The number of carbonyl (C=O) groups is 1. The Morgan fingerprint density at radius 2 is 1.83 bits per heavy atom. The number of carbonyl (C=O) groups excluding carboxylic acids is 1. The molecule has 1 saturated heterocycles. The average molecular weight is 443 g/mol. The number of benzene rings is 2. The van der Waals surface area contributed by atoms with E-state index >= 15 is 0 Å². The molecule has 3 rings (SSSR count). The van der Waals surface area contributed by atoms with E-state index in [-0.39, 0.29) is 35.4 Å². The maximum atomic E-state index is 12.6. The SMILES string of the molecule is CN1CC[N+](C)(CC(=O)Nc2ccc3cccc(NS(C)(=O)=O)c3c2O)CC1.[Cl-]. The van der Waals surface area contributed by atoms with Crippen molar-refractivity contribution in [3.63, 3.8) is 0 Å². The molecule has 0 aromatic heterocycles. The second kappa shape index (κ2) is 8.74. The van der Waals surface area contributed by atoms with Crippen LogP contribution in [0.5, 0.6) is 5.75 Å². The third-order valence-corrected chi connectivity index (χ3v) is 5.75. The zero-order valence-electron chi connectivity index (χ0n) is 16.8. The summed E-state index contributed by atoms with van der Waals surface area (Å²) in [5.41, 5.74) is 0.535. The lowest BCUT2D eigenvalue weighted by atomic mass is 10.1. The smallest absolute Gasteiger partial charge is 0.279 e. The zero-order valence-corrected chi connectivity index (χ0v) is 18.3. The van der Waals surface area contributed by atoms with Crippen LogP contribution in [-0.4, -0.2) is 81.9 Å². The number of piperazine rings is 1. The minimum absolute atomic E-state index is 0. The quantitative estimate of drug-likeness (QED) is 0.377. The number of fused-ring (bicyclic) bond motifs is 1. The number of aromatic hydroxyl groups is 1. The summed E-state index contributed by atoms with van der Waals surface area (Å²) < 4.78 is 26.3. The van der Waals surface area contributed by atoms with Gasteiger partial charge < -0.3 is 27.3 Å². The number of quaternary nitrogens is 1. The van der Waals surface area contributed by atoms with Crippen LogP contribution in [0.1, 0.15) is 0 Å². The maximum Gasteiger partial charge on any atom is 0.279 e. The first kappa shape index (κ1) is 23.2. The van der Waals surface area contributed by atoms with Gasteiger partial charge in [-0.2, -0.15) is 0 Å². The molecular formula is C19H27ClN4O4S. The Hall–Kier alpha value is -2.07. The number of hydrogen-bond acceptors (Lipinski definition) is 5. The topological polar surface area (TPSA) is 98.7 Å². The summed E-state index contributed by atoms with van der Waals surface area (Å²) in [6.07, 6.45) is 1.05. The highest BCUT2D eigenvalue weighted by Gasteiger charge is 2.30. The first-order valence-corrected chi connectivity index (χ1v) is 11.0. The number of likely N-dealkylation sites (N-methyl/N-ethyl adjacent to an activating group) is 2. The van der Waals surface area contributed by atoms with Gasteiger partial charge in [0.05, 0.1) is 37.8 Å². The van der Waals surface area contributed by atoms with Crippen molar-refractivity contribution in [1.82, 2.24) is 4.90 Å². The van der Waals surface area contributed by atoms with Gasteiger partial charge in [0.1, 0.15) is 5.75 Å². The summed E-state index contributed by atoms with van der Waals surface area (Å²) in [6.45, 7) is 3.96. The van der Waals surface area contributed by atoms with Crippen LogP contribution in [0.15, 0.2) is 30.3 Å². The molecule has 0 radical (unpaired) electrons. The lowest BCUT2D eigenvalue weighted by molar-refractivity contribution is -0.905. The Kier molecular flexibility index (Phi) is 7.00. The van der Waals surface area contributed by atoms with Crippen molar-refractivity contribution >= 4 is 38.1 Å². The first-order valence-electron chi connectivity index (χ1n) is 9.11. The average Bonchev–Trinajstić information content (AvgIpc) is 2.59. The Morgan fingerprint density at radius 1 is 1.17 bits per heavy atom. The molecule has 0 spiro atoms. The van der Waals surface area contributed by atoms with E-state index in [9.17, 15) is 18.3 Å². The summed E-state index contributed by atoms with van der Waals surface area (Å²) >= 11 is 0. The molecular weight excluding hydrogens is 416 g/mol. The van der Waals surface area contributed by atoms with Crippen molar-refractivity contribution in [3.8, 4) is 5.75 Å². The predicted molar refractivity (Wildman–Crippen MR) is 111 cm³/mol. The summed E-state index contributed by atoms with van der Waals surface area (Å²) in [4.78, 5) is 14.8. The number of amides is 1. The van der Waals surface area contributed by atoms with E-state index in [1.165, 1.54) is 0 Å². The Morgan fingerprint density at radius 3 is 2.45 bits per heavy atom. The fourth-order valence-corrected chi connectivity index (χ4v) is 4.06. The molecule has 0 aliphatic carbocycles. The van der Waals surface area contributed by atoms with Crippen molar-refractivity contribution in [1.29, 1.82) is 0 Å². The van der Waals surface area contributed by atoms with E-state index < -0.39 is 10.0 Å². The van der Waals surface area contributed by atoms with E-state index in [1.807, 2.05) is 0 Å². The Balaban J connectivity index is 0.00000300. The molecule has 0 unspecified atom stereocenters. The molecule has 0 saturated carbocycles. The van der Waals surface area contributed by atoms with Crippen molar-refractivity contribution < 1.29 is 35.2 Å². The van der Waals surface area contributed by atoms with Gasteiger partial charge in [-0.1, -0.05) is 18.2 Å². The summed E-state index contributed by atoms with van der Waals surface area (Å²) in [7, 11) is 0.617. The van der Waals surface area contributed by atoms with E-state index in [0.717, 1.165) is 32.4 Å². The molecule has 1 amide bonds. The van der Waals surface area contributed by atoms with Crippen LogP contribution >= 0.6 is 0 Å². The number of anilines is 2. The van der Waals surface area contributed by atoms with E-state index in [1.54, 1.807) is 30.3 Å². The van der Waals surface area contributed by atoms with Crippen LogP contribution in [0.25, 0.3) is 10.8 Å². The van der Waals surface area contributed by atoms with Gasteiger partial charge in [-0.05, 0) is 24.6 Å². The molecule has 1 heterocycles. The van der Waals surface area contributed by atoms with Crippen molar-refractivity contribution in [2.24, 2.45) is 0 Å². The minimum atomic E-state index is -3.51. The highest BCUT2D eigenvalue weighted by Crippen LogP contribution is 2.37. The summed E-state index contributed by atoms with van der Waals surface area (Å²) in [6, 6.07) is 8.41. The first-order chi connectivity index (χ1) is 13.1. The second-order valence-corrected chi connectivity index (χ2v) is 9.56. The van der Waals surface area contributed by atoms with Crippen LogP contribution in [0.4, 0.5) is 11.4 Å². The van der Waals surface area contributed by atoms with Crippen LogP contribution in [-0.2, 0) is 14.8 Å². The number of phenols is 1. The standard InChI is InChI=1S/C19H26N4O4S.ClH/c1-22-9-11-23(2,12-10-22)13-17(24)20-16-8-7-14-5-4-6-15(18(14)19(16)25)21-28(3,26)27;/h4-8,21H,9-13H2,1-3H3,(H-,20,24,25);1H. The maximum absolute atomic E-state index is 12.6. The number of hydrogen-bond donors (Lipinski definition) is 3. The van der Waals surface area contributed by atoms with Gasteiger partial charge in [-0.15, -0.1) is 0 Å². The highest BCUT2D eigenvalue weighted by molar-refractivity contribution is 7.92. The monoisotopic (exact) mass is 442 g/mol. The fourth-order valence-electron chi connectivity index (χ4n) is 3.49. The fraction of sp³-hybridized carbons (Fsp3) is 0.421. The van der Waals surface area contributed by atoms with Gasteiger partial charge in [0.15, 0.2) is 6.54 Å². The number of halogens is 1.